The monoisotopic (exact) mass is 350 g/mol. The Morgan fingerprint density at radius 2 is 1.50 bits per heavy atom. The molecule has 16 heavy (non-hydrogen) atoms. The van der Waals surface area contributed by atoms with Crippen LogP contribution in [0.15, 0.2) is 0 Å². The maximum absolute atomic E-state index is 2.66. The Hall–Kier alpha value is 0.947. The number of halogens is 1. The van der Waals surface area contributed by atoms with E-state index in [9.17, 15) is 0 Å². The van der Waals surface area contributed by atoms with Crippen molar-refractivity contribution in [2.45, 2.75) is 73.9 Å². The fourth-order valence-electron chi connectivity index (χ4n) is 3.91. The molecule has 0 unspecified atom stereocenters. The smallest absolute Gasteiger partial charge is 0.0367 e. The number of rotatable bonds is 3. The van der Waals surface area contributed by atoms with Crippen LogP contribution in [0.5, 0.6) is 0 Å². The van der Waals surface area contributed by atoms with Crippen LogP contribution in [0.2, 0.25) is 18.1 Å². The van der Waals surface area contributed by atoms with Crippen LogP contribution in [0.1, 0.15) is 51.9 Å². The van der Waals surface area contributed by atoms with Crippen LogP contribution >= 0.6 is 22.6 Å². The third-order valence-electron chi connectivity index (χ3n) is 4.96. The van der Waals surface area contributed by atoms with Crippen molar-refractivity contribution in [3.63, 3.8) is 0 Å². The average Bonchev–Trinajstić information content (AvgIpc) is 2.32. The zero-order chi connectivity index (χ0) is 11.4. The molecule has 2 rings (SSSR count). The molecule has 0 bridgehead atoms. The van der Waals surface area contributed by atoms with Crippen LogP contribution in [0.25, 0.3) is 0 Å². The predicted molar refractivity (Wildman–Crippen MR) is 84.4 cm³/mol. The lowest BCUT2D eigenvalue weighted by molar-refractivity contribution is 0.236. The zero-order valence-electron chi connectivity index (χ0n) is 10.8. The van der Waals surface area contributed by atoms with Crippen LogP contribution in [0.3, 0.4) is 0 Å². The fourth-order valence-corrected chi connectivity index (χ4v) is 8.11. The molecule has 0 spiro atoms. The van der Waals surface area contributed by atoms with Crippen LogP contribution in [-0.4, -0.2) is 12.7 Å². The summed E-state index contributed by atoms with van der Waals surface area (Å²) in [5, 5.41) is 0. The minimum Gasteiger partial charge on any atom is -0.0826 e. The topological polar surface area (TPSA) is 0 Å². The van der Waals surface area contributed by atoms with Gasteiger partial charge in [-0.15, -0.1) is 0 Å². The van der Waals surface area contributed by atoms with Crippen molar-refractivity contribution in [3.8, 4) is 0 Å². The van der Waals surface area contributed by atoms with Crippen molar-refractivity contribution in [2.24, 2.45) is 11.8 Å². The lowest BCUT2D eigenvalue weighted by Gasteiger charge is -2.36. The summed E-state index contributed by atoms with van der Waals surface area (Å²) >= 11 is 2.66. The van der Waals surface area contributed by atoms with Gasteiger partial charge in [-0.05, 0) is 37.5 Å². The first kappa shape index (κ1) is 13.4. The highest BCUT2D eigenvalue weighted by atomic mass is 127. The summed E-state index contributed by atoms with van der Waals surface area (Å²) in [5.74, 6) is 2.27. The SMILES string of the molecule is CCC[SiH]1CCC(C2CCC(I)CC2)CC1. The van der Waals surface area contributed by atoms with E-state index in [1.165, 1.54) is 19.3 Å². The maximum atomic E-state index is 2.66. The van der Waals surface area contributed by atoms with Gasteiger partial charge in [-0.3, -0.25) is 0 Å². The molecule has 0 aromatic carbocycles. The second-order valence-electron chi connectivity index (χ2n) is 6.08. The van der Waals surface area contributed by atoms with Crippen molar-refractivity contribution < 1.29 is 0 Å². The van der Waals surface area contributed by atoms with E-state index in [4.69, 9.17) is 0 Å². The normalized spacial score (nSPS) is 40.9. The van der Waals surface area contributed by atoms with E-state index >= 15 is 0 Å². The van der Waals surface area contributed by atoms with Crippen molar-refractivity contribution in [3.05, 3.63) is 0 Å². The highest BCUT2D eigenvalue weighted by Gasteiger charge is 2.30. The van der Waals surface area contributed by atoms with E-state index in [1.54, 1.807) is 43.8 Å². The lowest BCUT2D eigenvalue weighted by Crippen LogP contribution is -2.28. The molecule has 0 aromatic rings. The molecule has 0 amide bonds. The molecular weight excluding hydrogens is 323 g/mol. The maximum Gasteiger partial charge on any atom is 0.0367 e. The van der Waals surface area contributed by atoms with Crippen LogP contribution in [-0.2, 0) is 0 Å². The van der Waals surface area contributed by atoms with Crippen molar-refractivity contribution >= 4 is 31.4 Å². The van der Waals surface area contributed by atoms with Crippen LogP contribution in [0, 0.1) is 11.8 Å². The molecule has 1 aliphatic carbocycles. The van der Waals surface area contributed by atoms with Gasteiger partial charge in [0, 0.05) is 12.7 Å². The second kappa shape index (κ2) is 6.77. The minimum absolute atomic E-state index is 0.233. The zero-order valence-corrected chi connectivity index (χ0v) is 14.1. The molecule has 2 aliphatic rings. The molecule has 0 radical (unpaired) electrons. The summed E-state index contributed by atoms with van der Waals surface area (Å²) in [4.78, 5) is 0. The van der Waals surface area contributed by atoms with Gasteiger partial charge in [0.1, 0.15) is 0 Å². The first-order valence-corrected chi connectivity index (χ1v) is 11.1. The predicted octanol–water partition coefficient (Wildman–Crippen LogP) is 5.03. The van der Waals surface area contributed by atoms with E-state index in [1.807, 2.05) is 0 Å². The third kappa shape index (κ3) is 3.72. The van der Waals surface area contributed by atoms with Gasteiger partial charge in [-0.1, -0.05) is 66.9 Å². The Balaban J connectivity index is 1.72. The van der Waals surface area contributed by atoms with Crippen molar-refractivity contribution in [1.82, 2.24) is 0 Å². The summed E-state index contributed by atoms with van der Waals surface area (Å²) in [6.45, 7) is 2.38. The summed E-state index contributed by atoms with van der Waals surface area (Å²) in [6.07, 6.45) is 10.8. The molecule has 1 saturated carbocycles. The molecule has 0 atom stereocenters. The fraction of sp³-hybridized carbons (Fsp3) is 1.00. The van der Waals surface area contributed by atoms with Crippen molar-refractivity contribution in [2.75, 3.05) is 0 Å². The van der Waals surface area contributed by atoms with Gasteiger partial charge in [0.15, 0.2) is 0 Å². The number of hydrogen-bond acceptors (Lipinski definition) is 0. The van der Waals surface area contributed by atoms with Gasteiger partial charge in [0.25, 0.3) is 0 Å². The first-order chi connectivity index (χ1) is 7.79. The molecular formula is C14H27ISi. The van der Waals surface area contributed by atoms with E-state index in [0.29, 0.717) is 0 Å². The molecule has 94 valence electrons. The van der Waals surface area contributed by atoms with Gasteiger partial charge >= 0.3 is 0 Å². The quantitative estimate of drug-likeness (QED) is 0.381. The Bertz CT molecular complexity index is 191. The van der Waals surface area contributed by atoms with E-state index in [0.717, 1.165) is 15.8 Å². The molecule has 0 aromatic heterocycles. The Morgan fingerprint density at radius 3 is 2.06 bits per heavy atom. The van der Waals surface area contributed by atoms with E-state index in [2.05, 4.69) is 29.5 Å². The number of hydrogen-bond donors (Lipinski definition) is 0. The molecule has 0 nitrogen and oxygen atoms in total. The van der Waals surface area contributed by atoms with Gasteiger partial charge in [-0.25, -0.2) is 0 Å². The third-order valence-corrected chi connectivity index (χ3v) is 9.90. The standard InChI is InChI=1S/C14H27ISi/c1-2-9-16-10-7-13(8-11-16)12-3-5-14(15)6-4-12/h12-14,16H,2-11H2,1H3. The highest BCUT2D eigenvalue weighted by Crippen LogP contribution is 2.40. The highest BCUT2D eigenvalue weighted by molar-refractivity contribution is 14.1. The lowest BCUT2D eigenvalue weighted by atomic mass is 9.77. The summed E-state index contributed by atoms with van der Waals surface area (Å²) in [6, 6.07) is 5.00. The van der Waals surface area contributed by atoms with Crippen LogP contribution < -0.4 is 0 Å². The van der Waals surface area contributed by atoms with Gasteiger partial charge in [0.05, 0.1) is 0 Å². The molecule has 1 heterocycles. The van der Waals surface area contributed by atoms with Crippen LogP contribution in [0.4, 0.5) is 0 Å². The minimum atomic E-state index is -0.233. The number of alkyl halides is 1. The van der Waals surface area contributed by atoms with E-state index < -0.39 is 0 Å². The Morgan fingerprint density at radius 1 is 0.938 bits per heavy atom. The molecule has 2 fully saturated rings. The van der Waals surface area contributed by atoms with Gasteiger partial charge in [0.2, 0.25) is 0 Å². The average molecular weight is 350 g/mol. The summed E-state index contributed by atoms with van der Waals surface area (Å²) in [5.41, 5.74) is 0. The first-order valence-electron chi connectivity index (χ1n) is 7.43. The van der Waals surface area contributed by atoms with E-state index in [-0.39, 0.29) is 8.80 Å². The largest absolute Gasteiger partial charge is 0.0826 e. The molecule has 2 heteroatoms. The summed E-state index contributed by atoms with van der Waals surface area (Å²) in [7, 11) is -0.233. The second-order valence-corrected chi connectivity index (χ2v) is 11.3. The Labute approximate surface area is 117 Å². The van der Waals surface area contributed by atoms with Gasteiger partial charge < -0.3 is 0 Å². The molecule has 1 saturated heterocycles. The molecule has 0 N–H and O–H groups in total. The van der Waals surface area contributed by atoms with Gasteiger partial charge in [-0.2, -0.15) is 0 Å². The molecule has 1 aliphatic heterocycles. The summed E-state index contributed by atoms with van der Waals surface area (Å²) < 4.78 is 1.000. The Kier molecular flexibility index (Phi) is 5.66. The van der Waals surface area contributed by atoms with Crippen molar-refractivity contribution in [1.29, 1.82) is 0 Å².